The summed E-state index contributed by atoms with van der Waals surface area (Å²) >= 11 is 4.83. The maximum Gasteiger partial charge on any atom is 0.311 e. The maximum absolute atomic E-state index is 13.8. The highest BCUT2D eigenvalue weighted by Crippen LogP contribution is 2.44. The molecule has 6 nitrogen and oxygen atoms in total. The minimum atomic E-state index is -0.886. The predicted octanol–water partition coefficient (Wildman–Crippen LogP) is 5.10. The Morgan fingerprint density at radius 3 is 2.57 bits per heavy atom. The quantitative estimate of drug-likeness (QED) is 0.409. The van der Waals surface area contributed by atoms with Gasteiger partial charge in [0.1, 0.15) is 11.9 Å². The van der Waals surface area contributed by atoms with Crippen molar-refractivity contribution in [1.82, 2.24) is 10.2 Å². The van der Waals surface area contributed by atoms with Crippen LogP contribution in [0.2, 0.25) is 0 Å². The number of thiophene rings is 1. The fourth-order valence-corrected chi connectivity index (χ4v) is 5.61. The smallest absolute Gasteiger partial charge is 0.311 e. The van der Waals surface area contributed by atoms with Crippen molar-refractivity contribution >= 4 is 45.1 Å². The van der Waals surface area contributed by atoms with Gasteiger partial charge in [0.15, 0.2) is 0 Å². The maximum atomic E-state index is 13.8. The predicted molar refractivity (Wildman–Crippen MR) is 134 cm³/mol. The zero-order valence-electron chi connectivity index (χ0n) is 18.9. The zero-order valence-corrected chi connectivity index (χ0v) is 21.4. The van der Waals surface area contributed by atoms with Crippen molar-refractivity contribution in [3.63, 3.8) is 0 Å². The van der Waals surface area contributed by atoms with E-state index in [4.69, 9.17) is 4.74 Å². The molecule has 4 rings (SSSR count). The molecule has 1 fully saturated rings. The van der Waals surface area contributed by atoms with Gasteiger partial charge in [-0.15, -0.1) is 11.3 Å². The van der Waals surface area contributed by atoms with Crippen LogP contribution in [-0.2, 0) is 20.9 Å². The molecule has 3 aromatic rings. The third-order valence-electron chi connectivity index (χ3n) is 5.91. The molecule has 2 amide bonds. The summed E-state index contributed by atoms with van der Waals surface area (Å²) in [6, 6.07) is 15.0. The number of nitrogens with one attached hydrogen (secondary N) is 1. The monoisotopic (exact) mass is 558 g/mol. The van der Waals surface area contributed by atoms with Crippen molar-refractivity contribution in [3.05, 3.63) is 92.3 Å². The van der Waals surface area contributed by atoms with E-state index in [-0.39, 0.29) is 37.2 Å². The molecule has 1 saturated heterocycles. The topological polar surface area (TPSA) is 75.7 Å². The van der Waals surface area contributed by atoms with Gasteiger partial charge in [0, 0.05) is 21.5 Å². The third-order valence-corrected chi connectivity index (χ3v) is 7.34. The normalized spacial score (nSPS) is 19.4. The van der Waals surface area contributed by atoms with Crippen LogP contribution in [0.1, 0.15) is 40.2 Å². The van der Waals surface area contributed by atoms with Crippen molar-refractivity contribution in [2.45, 2.75) is 32.0 Å². The molecule has 0 spiro atoms. The van der Waals surface area contributed by atoms with Gasteiger partial charge in [-0.2, -0.15) is 0 Å². The van der Waals surface area contributed by atoms with Crippen LogP contribution < -0.4 is 5.32 Å². The summed E-state index contributed by atoms with van der Waals surface area (Å²) in [4.78, 5) is 42.5. The molecule has 0 radical (unpaired) electrons. The summed E-state index contributed by atoms with van der Waals surface area (Å²) in [6.07, 6.45) is 0.135. The molecule has 1 N–H and O–H groups in total. The molecule has 2 aromatic carbocycles. The Bertz CT molecular complexity index is 1200. The molecule has 9 heteroatoms. The number of carbonyl (C=O) groups excluding carboxylic acids is 3. The lowest BCUT2D eigenvalue weighted by atomic mass is 9.97. The lowest BCUT2D eigenvalue weighted by Gasteiger charge is -2.30. The van der Waals surface area contributed by atoms with E-state index in [9.17, 15) is 18.8 Å². The number of rotatable bonds is 7. The molecular weight excluding hydrogens is 535 g/mol. The number of amides is 2. The highest BCUT2D eigenvalue weighted by atomic mass is 79.9. The van der Waals surface area contributed by atoms with E-state index in [1.807, 2.05) is 23.6 Å². The second-order valence-electron chi connectivity index (χ2n) is 8.14. The summed E-state index contributed by atoms with van der Waals surface area (Å²) < 4.78 is 19.3. The molecule has 3 unspecified atom stereocenters. The van der Waals surface area contributed by atoms with Crippen molar-refractivity contribution in [2.24, 2.45) is 5.92 Å². The Balaban J connectivity index is 1.68. The summed E-state index contributed by atoms with van der Waals surface area (Å²) in [5, 5.41) is 4.73. The molecule has 2 heterocycles. The van der Waals surface area contributed by atoms with Gasteiger partial charge in [0.2, 0.25) is 5.91 Å². The number of likely N-dealkylation sites (tertiary alicyclic amines) is 1. The fraction of sp³-hybridized carbons (Fsp3) is 0.269. The largest absolute Gasteiger partial charge is 0.466 e. The summed E-state index contributed by atoms with van der Waals surface area (Å²) in [5.74, 6) is -2.22. The number of hydrogen-bond acceptors (Lipinski definition) is 5. The van der Waals surface area contributed by atoms with Crippen LogP contribution in [0, 0.1) is 11.7 Å². The van der Waals surface area contributed by atoms with Gasteiger partial charge in [0.05, 0.1) is 18.6 Å². The van der Waals surface area contributed by atoms with Crippen LogP contribution >= 0.6 is 27.3 Å². The molecule has 0 aliphatic carbocycles. The Morgan fingerprint density at radius 2 is 1.91 bits per heavy atom. The van der Waals surface area contributed by atoms with Crippen molar-refractivity contribution in [1.29, 1.82) is 0 Å². The minimum absolute atomic E-state index is 0.135. The summed E-state index contributed by atoms with van der Waals surface area (Å²) in [5.41, 5.74) is 1.13. The number of carbonyl (C=O) groups is 3. The van der Waals surface area contributed by atoms with Crippen LogP contribution in [0.4, 0.5) is 4.39 Å². The first-order chi connectivity index (χ1) is 16.9. The van der Waals surface area contributed by atoms with E-state index < -0.39 is 24.0 Å². The molecule has 35 heavy (non-hydrogen) atoms. The molecule has 1 aliphatic heterocycles. The van der Waals surface area contributed by atoms with Crippen LogP contribution in [0.3, 0.4) is 0 Å². The summed E-state index contributed by atoms with van der Waals surface area (Å²) in [7, 11) is 0. The first-order valence-electron chi connectivity index (χ1n) is 11.2. The van der Waals surface area contributed by atoms with Gasteiger partial charge < -0.3 is 15.0 Å². The number of halogens is 2. The zero-order chi connectivity index (χ0) is 24.9. The Labute approximate surface area is 215 Å². The minimum Gasteiger partial charge on any atom is -0.466 e. The van der Waals surface area contributed by atoms with Gasteiger partial charge in [-0.25, -0.2) is 4.39 Å². The number of esters is 1. The molecule has 0 bridgehead atoms. The SMILES string of the molecule is CCOC(=O)C1CC(C(=O)NCc2ccc(F)cc2)N(C(=O)c2cccc(Br)c2)C1c1cccs1. The van der Waals surface area contributed by atoms with Gasteiger partial charge in [0.25, 0.3) is 5.91 Å². The lowest BCUT2D eigenvalue weighted by Crippen LogP contribution is -2.46. The Kier molecular flexibility index (Phi) is 7.97. The first kappa shape index (κ1) is 25.1. The van der Waals surface area contributed by atoms with Crippen LogP contribution in [0.5, 0.6) is 0 Å². The van der Waals surface area contributed by atoms with E-state index in [0.29, 0.717) is 5.56 Å². The molecule has 1 aromatic heterocycles. The van der Waals surface area contributed by atoms with E-state index >= 15 is 0 Å². The standard InChI is InChI=1S/C26H24BrFN2O4S/c1-2-34-26(33)20-14-21(24(31)29-15-16-8-10-19(28)11-9-16)30(23(20)22-7-4-12-35-22)25(32)17-5-3-6-18(27)13-17/h3-13,20-21,23H,2,14-15H2,1H3,(H,29,31). The van der Waals surface area contributed by atoms with E-state index in [1.54, 1.807) is 37.3 Å². The fourth-order valence-electron chi connectivity index (χ4n) is 4.32. The number of hydrogen-bond donors (Lipinski definition) is 1. The molecule has 3 atom stereocenters. The van der Waals surface area contributed by atoms with Gasteiger partial charge in [-0.05, 0) is 60.7 Å². The molecular formula is C26H24BrFN2O4S. The van der Waals surface area contributed by atoms with Crippen LogP contribution in [0.25, 0.3) is 0 Å². The number of ether oxygens (including phenoxy) is 1. The first-order valence-corrected chi connectivity index (χ1v) is 12.9. The third kappa shape index (κ3) is 5.62. The second kappa shape index (κ2) is 11.1. The number of benzene rings is 2. The average Bonchev–Trinajstić information content (AvgIpc) is 3.51. The van der Waals surface area contributed by atoms with Gasteiger partial charge >= 0.3 is 5.97 Å². The van der Waals surface area contributed by atoms with Gasteiger partial charge in [-0.1, -0.05) is 40.2 Å². The van der Waals surface area contributed by atoms with Crippen molar-refractivity contribution in [2.75, 3.05) is 6.61 Å². The van der Waals surface area contributed by atoms with E-state index in [2.05, 4.69) is 21.2 Å². The molecule has 0 saturated carbocycles. The van der Waals surface area contributed by atoms with E-state index in [1.165, 1.54) is 28.4 Å². The van der Waals surface area contributed by atoms with Crippen molar-refractivity contribution < 1.29 is 23.5 Å². The highest BCUT2D eigenvalue weighted by Gasteiger charge is 2.51. The van der Waals surface area contributed by atoms with Crippen molar-refractivity contribution in [3.8, 4) is 0 Å². The van der Waals surface area contributed by atoms with Crippen LogP contribution in [0.15, 0.2) is 70.5 Å². The Hall–Kier alpha value is -3.04. The Morgan fingerprint density at radius 1 is 1.14 bits per heavy atom. The van der Waals surface area contributed by atoms with Crippen LogP contribution in [-0.4, -0.2) is 35.3 Å². The number of nitrogens with zero attached hydrogens (tertiary/aromatic N) is 1. The molecule has 182 valence electrons. The average molecular weight is 559 g/mol. The summed E-state index contributed by atoms with van der Waals surface area (Å²) in [6.45, 7) is 2.10. The lowest BCUT2D eigenvalue weighted by molar-refractivity contribution is -0.148. The van der Waals surface area contributed by atoms with E-state index in [0.717, 1.165) is 14.9 Å². The molecule has 1 aliphatic rings. The highest BCUT2D eigenvalue weighted by molar-refractivity contribution is 9.10. The second-order valence-corrected chi connectivity index (χ2v) is 10.0. The van der Waals surface area contributed by atoms with Gasteiger partial charge in [-0.3, -0.25) is 14.4 Å².